The summed E-state index contributed by atoms with van der Waals surface area (Å²) in [5.41, 5.74) is 0.216. The van der Waals surface area contributed by atoms with Gasteiger partial charge >= 0.3 is 6.61 Å². The zero-order chi connectivity index (χ0) is 10.7. The van der Waals surface area contributed by atoms with Crippen molar-refractivity contribution in [3.63, 3.8) is 0 Å². The third-order valence-electron chi connectivity index (χ3n) is 1.47. The van der Waals surface area contributed by atoms with Gasteiger partial charge in [-0.05, 0) is 6.07 Å². The van der Waals surface area contributed by atoms with Gasteiger partial charge in [0.05, 0.1) is 5.88 Å². The highest BCUT2D eigenvalue weighted by Crippen LogP contribution is 2.28. The maximum absolute atomic E-state index is 13.1. The van der Waals surface area contributed by atoms with Gasteiger partial charge in [-0.2, -0.15) is 8.78 Å². The van der Waals surface area contributed by atoms with E-state index in [1.54, 1.807) is 0 Å². The van der Waals surface area contributed by atoms with Gasteiger partial charge in [-0.25, -0.2) is 4.39 Å². The van der Waals surface area contributed by atoms with Gasteiger partial charge in [0, 0.05) is 16.1 Å². The molecule has 1 rings (SSSR count). The van der Waals surface area contributed by atoms with Gasteiger partial charge in [0.2, 0.25) is 0 Å². The van der Waals surface area contributed by atoms with Gasteiger partial charge in [-0.15, -0.1) is 11.6 Å². The van der Waals surface area contributed by atoms with Crippen LogP contribution in [0.25, 0.3) is 0 Å². The zero-order valence-corrected chi connectivity index (χ0v) is 9.08. The van der Waals surface area contributed by atoms with Crippen LogP contribution in [0.5, 0.6) is 5.75 Å². The predicted molar refractivity (Wildman–Crippen MR) is 50.3 cm³/mol. The van der Waals surface area contributed by atoms with Gasteiger partial charge in [0.15, 0.2) is 0 Å². The maximum Gasteiger partial charge on any atom is 0.387 e. The molecular weight excluding hydrogens is 284 g/mol. The molecule has 1 aromatic carbocycles. The van der Waals surface area contributed by atoms with E-state index in [-0.39, 0.29) is 17.2 Å². The van der Waals surface area contributed by atoms with Crippen LogP contribution in [0, 0.1) is 5.82 Å². The molecule has 0 aliphatic rings. The molecule has 0 amide bonds. The van der Waals surface area contributed by atoms with E-state index < -0.39 is 12.4 Å². The Morgan fingerprint density at radius 2 is 2.07 bits per heavy atom. The molecule has 0 aliphatic carbocycles. The van der Waals surface area contributed by atoms with Crippen LogP contribution in [0.1, 0.15) is 5.56 Å². The van der Waals surface area contributed by atoms with Crippen LogP contribution in [-0.2, 0) is 5.88 Å². The van der Waals surface area contributed by atoms with Crippen LogP contribution in [0.15, 0.2) is 16.6 Å². The molecule has 14 heavy (non-hydrogen) atoms. The summed E-state index contributed by atoms with van der Waals surface area (Å²) in [6.45, 7) is -2.97. The van der Waals surface area contributed by atoms with E-state index in [9.17, 15) is 13.2 Å². The lowest BCUT2D eigenvalue weighted by Crippen LogP contribution is -2.03. The normalized spacial score (nSPS) is 10.7. The van der Waals surface area contributed by atoms with Crippen molar-refractivity contribution < 1.29 is 17.9 Å². The molecule has 0 spiro atoms. The molecule has 0 fully saturated rings. The van der Waals surface area contributed by atoms with Crippen LogP contribution < -0.4 is 4.74 Å². The number of halogens is 5. The summed E-state index contributed by atoms with van der Waals surface area (Å²) in [5, 5.41) is 0. The topological polar surface area (TPSA) is 9.23 Å². The first-order valence-electron chi connectivity index (χ1n) is 3.53. The molecule has 0 bridgehead atoms. The lowest BCUT2D eigenvalue weighted by Gasteiger charge is -2.07. The summed E-state index contributed by atoms with van der Waals surface area (Å²) in [6, 6.07) is 2.11. The van der Waals surface area contributed by atoms with Gasteiger partial charge in [-0.1, -0.05) is 15.9 Å². The molecular formula is C8H5BrClF3O. The average molecular weight is 289 g/mol. The van der Waals surface area contributed by atoms with E-state index in [1.807, 2.05) is 0 Å². The Kier molecular flexibility index (Phi) is 4.07. The molecule has 1 nitrogen and oxygen atoms in total. The quantitative estimate of drug-likeness (QED) is 0.766. The van der Waals surface area contributed by atoms with Crippen molar-refractivity contribution in [2.45, 2.75) is 12.5 Å². The van der Waals surface area contributed by atoms with E-state index in [1.165, 1.54) is 6.07 Å². The number of benzene rings is 1. The summed E-state index contributed by atoms with van der Waals surface area (Å²) in [5.74, 6) is -0.954. The fraction of sp³-hybridized carbons (Fsp3) is 0.250. The number of rotatable bonds is 3. The Morgan fingerprint density at radius 3 is 2.50 bits per heavy atom. The minimum Gasteiger partial charge on any atom is -0.435 e. The van der Waals surface area contributed by atoms with Crippen molar-refractivity contribution in [1.29, 1.82) is 0 Å². The summed E-state index contributed by atoms with van der Waals surface area (Å²) >= 11 is 8.44. The first-order valence-corrected chi connectivity index (χ1v) is 4.86. The zero-order valence-electron chi connectivity index (χ0n) is 6.74. The number of alkyl halides is 3. The molecule has 0 unspecified atom stereocenters. The van der Waals surface area contributed by atoms with Crippen molar-refractivity contribution in [2.75, 3.05) is 0 Å². The SMILES string of the molecule is Fc1cc(OC(F)F)cc(Br)c1CCl. The molecule has 0 aromatic heterocycles. The Labute approximate surface area is 91.9 Å². The smallest absolute Gasteiger partial charge is 0.387 e. The second-order valence-corrected chi connectivity index (χ2v) is 3.50. The van der Waals surface area contributed by atoms with Crippen LogP contribution >= 0.6 is 27.5 Å². The molecule has 6 heteroatoms. The highest BCUT2D eigenvalue weighted by atomic mass is 79.9. The summed E-state index contributed by atoms with van der Waals surface area (Å²) < 4.78 is 41.0. The molecule has 0 radical (unpaired) electrons. The van der Waals surface area contributed by atoms with Crippen molar-refractivity contribution in [3.05, 3.63) is 28.0 Å². The molecule has 78 valence electrons. The number of ether oxygens (including phenoxy) is 1. The van der Waals surface area contributed by atoms with Gasteiger partial charge in [-0.3, -0.25) is 0 Å². The highest BCUT2D eigenvalue weighted by molar-refractivity contribution is 9.10. The minimum absolute atomic E-state index is 0.0403. The molecule has 1 aromatic rings. The molecule has 0 heterocycles. The first-order chi connectivity index (χ1) is 6.54. The minimum atomic E-state index is -2.97. The van der Waals surface area contributed by atoms with Crippen LogP contribution in [0.3, 0.4) is 0 Å². The molecule has 0 aliphatic heterocycles. The Balaban J connectivity index is 3.01. The van der Waals surface area contributed by atoms with E-state index in [0.717, 1.165) is 6.07 Å². The monoisotopic (exact) mass is 288 g/mol. The molecule has 0 saturated heterocycles. The average Bonchev–Trinajstić information content (AvgIpc) is 2.01. The number of hydrogen-bond donors (Lipinski definition) is 0. The second kappa shape index (κ2) is 4.89. The summed E-state index contributed by atoms with van der Waals surface area (Å²) in [4.78, 5) is 0. The van der Waals surface area contributed by atoms with Crippen molar-refractivity contribution in [2.24, 2.45) is 0 Å². The van der Waals surface area contributed by atoms with Crippen LogP contribution in [0.4, 0.5) is 13.2 Å². The van der Waals surface area contributed by atoms with Gasteiger partial charge in [0.1, 0.15) is 11.6 Å². The van der Waals surface area contributed by atoms with Crippen LogP contribution in [0.2, 0.25) is 0 Å². The second-order valence-electron chi connectivity index (χ2n) is 2.38. The predicted octanol–water partition coefficient (Wildman–Crippen LogP) is 3.93. The van der Waals surface area contributed by atoms with Gasteiger partial charge < -0.3 is 4.74 Å². The molecule has 0 saturated carbocycles. The van der Waals surface area contributed by atoms with Crippen molar-refractivity contribution in [3.8, 4) is 5.75 Å². The van der Waals surface area contributed by atoms with E-state index in [0.29, 0.717) is 4.47 Å². The lowest BCUT2D eigenvalue weighted by molar-refractivity contribution is -0.0500. The van der Waals surface area contributed by atoms with Gasteiger partial charge in [0.25, 0.3) is 0 Å². The standard InChI is InChI=1S/C8H5BrClF3O/c9-6-1-4(14-8(12)13)2-7(11)5(6)3-10/h1-2,8H,3H2. The Bertz CT molecular complexity index is 309. The lowest BCUT2D eigenvalue weighted by atomic mass is 10.2. The first kappa shape index (κ1) is 11.7. The fourth-order valence-corrected chi connectivity index (χ4v) is 1.87. The number of hydrogen-bond acceptors (Lipinski definition) is 1. The fourth-order valence-electron chi connectivity index (χ4n) is 0.878. The largest absolute Gasteiger partial charge is 0.435 e. The molecule has 0 N–H and O–H groups in total. The summed E-state index contributed by atoms with van der Waals surface area (Å²) in [6.07, 6.45) is 0. The van der Waals surface area contributed by atoms with E-state index in [2.05, 4.69) is 20.7 Å². The van der Waals surface area contributed by atoms with Crippen LogP contribution in [-0.4, -0.2) is 6.61 Å². The third-order valence-corrected chi connectivity index (χ3v) is 2.45. The Morgan fingerprint density at radius 1 is 1.43 bits per heavy atom. The Hall–Kier alpha value is -0.420. The maximum atomic E-state index is 13.1. The van der Waals surface area contributed by atoms with Crippen molar-refractivity contribution in [1.82, 2.24) is 0 Å². The van der Waals surface area contributed by atoms with Crippen molar-refractivity contribution >= 4 is 27.5 Å². The van der Waals surface area contributed by atoms with E-state index >= 15 is 0 Å². The van der Waals surface area contributed by atoms with E-state index in [4.69, 9.17) is 11.6 Å². The highest BCUT2D eigenvalue weighted by Gasteiger charge is 2.11. The third kappa shape index (κ3) is 2.78. The molecule has 0 atom stereocenters. The summed E-state index contributed by atoms with van der Waals surface area (Å²) in [7, 11) is 0.